The molecule has 4 rings (SSSR count). The molecule has 8 heteroatoms. The lowest BCUT2D eigenvalue weighted by atomic mass is 9.96. The summed E-state index contributed by atoms with van der Waals surface area (Å²) in [4.78, 5) is 14.7. The standard InChI is InChI=1S/C34H40FN5O2/c1-21-10-9-11-24(14-21)32(22(2)37-33(41)42-34(3,4)5)38-29-18-25(26(19-36)17-28(29)35)15-23-12-13-30-27(16-23)31(39(6)7)20-40(30)8/h9-14,16-18,20,22,32,38H,15H2,1-8H3,(H,37,41)/t22-,32-/m0/s1. The Morgan fingerprint density at radius 1 is 1.14 bits per heavy atom. The summed E-state index contributed by atoms with van der Waals surface area (Å²) in [7, 11) is 6.04. The summed E-state index contributed by atoms with van der Waals surface area (Å²) < 4.78 is 23.0. The summed E-state index contributed by atoms with van der Waals surface area (Å²) in [5.74, 6) is -0.536. The molecule has 7 nitrogen and oxygen atoms in total. The average molecular weight is 570 g/mol. The van der Waals surface area contributed by atoms with E-state index in [0.29, 0.717) is 12.0 Å². The lowest BCUT2D eigenvalue weighted by molar-refractivity contribution is 0.0503. The molecular weight excluding hydrogens is 529 g/mol. The highest BCUT2D eigenvalue weighted by atomic mass is 19.1. The van der Waals surface area contributed by atoms with Crippen LogP contribution in [0.1, 0.15) is 61.6 Å². The third-order valence-corrected chi connectivity index (χ3v) is 7.18. The van der Waals surface area contributed by atoms with E-state index in [-0.39, 0.29) is 11.3 Å². The summed E-state index contributed by atoms with van der Waals surface area (Å²) in [6.07, 6.45) is 1.99. The first kappa shape index (κ1) is 30.4. The molecule has 0 saturated carbocycles. The van der Waals surface area contributed by atoms with E-state index in [1.54, 1.807) is 26.8 Å². The normalized spacial score (nSPS) is 12.9. The van der Waals surface area contributed by atoms with Crippen LogP contribution >= 0.6 is 0 Å². The van der Waals surface area contributed by atoms with Crippen molar-refractivity contribution in [3.05, 3.63) is 94.4 Å². The van der Waals surface area contributed by atoms with Crippen LogP contribution in [0.25, 0.3) is 10.9 Å². The number of ether oxygens (including phenoxy) is 1. The maximum absolute atomic E-state index is 15.5. The van der Waals surface area contributed by atoms with Crippen LogP contribution in [0.4, 0.5) is 20.6 Å². The Morgan fingerprint density at radius 3 is 2.52 bits per heavy atom. The number of alkyl carbamates (subject to hydrolysis) is 1. The molecule has 3 aromatic carbocycles. The zero-order chi connectivity index (χ0) is 30.8. The van der Waals surface area contributed by atoms with Gasteiger partial charge < -0.3 is 24.8 Å². The van der Waals surface area contributed by atoms with Gasteiger partial charge in [0.2, 0.25) is 0 Å². The molecule has 0 bridgehead atoms. The molecule has 2 atom stereocenters. The molecule has 220 valence electrons. The molecule has 0 aliphatic rings. The SMILES string of the molecule is Cc1cccc([C@@H](Nc2cc(Cc3ccc4c(c3)c(N(C)C)cn4C)c(C#N)cc2F)[C@H](C)NC(=O)OC(C)(C)C)c1. The fourth-order valence-corrected chi connectivity index (χ4v) is 5.19. The Balaban J connectivity index is 1.69. The molecule has 0 saturated heterocycles. The number of aryl methyl sites for hydroxylation is 2. The van der Waals surface area contributed by atoms with E-state index in [9.17, 15) is 10.1 Å². The predicted molar refractivity (Wildman–Crippen MR) is 168 cm³/mol. The van der Waals surface area contributed by atoms with Gasteiger partial charge in [0.15, 0.2) is 0 Å². The van der Waals surface area contributed by atoms with Crippen LogP contribution in [-0.4, -0.2) is 36.4 Å². The van der Waals surface area contributed by atoms with Crippen molar-refractivity contribution >= 4 is 28.4 Å². The molecule has 0 aliphatic heterocycles. The quantitative estimate of drug-likeness (QED) is 0.234. The number of benzene rings is 3. The number of carbonyl (C=O) groups is 1. The number of nitrogens with zero attached hydrogens (tertiary/aromatic N) is 3. The van der Waals surface area contributed by atoms with Crippen molar-refractivity contribution in [2.75, 3.05) is 24.3 Å². The maximum atomic E-state index is 15.5. The number of anilines is 2. The van der Waals surface area contributed by atoms with E-state index in [0.717, 1.165) is 33.3 Å². The van der Waals surface area contributed by atoms with Gasteiger partial charge in [-0.25, -0.2) is 9.18 Å². The maximum Gasteiger partial charge on any atom is 0.407 e. The fraction of sp³-hybridized carbons (Fsp3) is 0.353. The highest BCUT2D eigenvalue weighted by Crippen LogP contribution is 2.32. The molecule has 1 aromatic heterocycles. The van der Waals surface area contributed by atoms with Gasteiger partial charge in [0.05, 0.1) is 35.1 Å². The average Bonchev–Trinajstić information content (AvgIpc) is 3.23. The number of aromatic nitrogens is 1. The topological polar surface area (TPSA) is 82.3 Å². The van der Waals surface area contributed by atoms with Crippen LogP contribution < -0.4 is 15.5 Å². The number of nitrogens with one attached hydrogen (secondary N) is 2. The number of nitriles is 1. The van der Waals surface area contributed by atoms with Gasteiger partial charge in [-0.05, 0) is 82.0 Å². The van der Waals surface area contributed by atoms with Gasteiger partial charge in [-0.3, -0.25) is 0 Å². The van der Waals surface area contributed by atoms with Gasteiger partial charge in [-0.2, -0.15) is 5.26 Å². The Hall–Kier alpha value is -4.51. The highest BCUT2D eigenvalue weighted by molar-refractivity contribution is 5.94. The number of hydrogen-bond acceptors (Lipinski definition) is 5. The van der Waals surface area contributed by atoms with E-state index in [1.807, 2.05) is 65.3 Å². The minimum absolute atomic E-state index is 0.253. The number of amides is 1. The number of halogens is 1. The Morgan fingerprint density at radius 2 is 1.88 bits per heavy atom. The molecule has 2 N–H and O–H groups in total. The predicted octanol–water partition coefficient (Wildman–Crippen LogP) is 7.22. The molecule has 0 spiro atoms. The van der Waals surface area contributed by atoms with Crippen molar-refractivity contribution in [1.82, 2.24) is 9.88 Å². The minimum atomic E-state index is -0.653. The number of rotatable bonds is 8. The van der Waals surface area contributed by atoms with Gasteiger partial charge in [0.1, 0.15) is 11.4 Å². The molecule has 42 heavy (non-hydrogen) atoms. The van der Waals surface area contributed by atoms with Crippen molar-refractivity contribution in [2.24, 2.45) is 7.05 Å². The van der Waals surface area contributed by atoms with Gasteiger partial charge in [-0.15, -0.1) is 0 Å². The second-order valence-corrected chi connectivity index (χ2v) is 12.1. The summed E-state index contributed by atoms with van der Waals surface area (Å²) >= 11 is 0. The molecule has 0 radical (unpaired) electrons. The van der Waals surface area contributed by atoms with Crippen molar-refractivity contribution in [2.45, 2.75) is 58.7 Å². The van der Waals surface area contributed by atoms with E-state index < -0.39 is 29.6 Å². The van der Waals surface area contributed by atoms with Gasteiger partial charge >= 0.3 is 6.09 Å². The number of carbonyl (C=O) groups excluding carboxylic acids is 1. The molecule has 0 fully saturated rings. The van der Waals surface area contributed by atoms with E-state index in [1.165, 1.54) is 6.07 Å². The van der Waals surface area contributed by atoms with Crippen molar-refractivity contribution in [1.29, 1.82) is 5.26 Å². The first-order valence-electron chi connectivity index (χ1n) is 14.1. The zero-order valence-corrected chi connectivity index (χ0v) is 25.7. The van der Waals surface area contributed by atoms with Gasteiger partial charge in [-0.1, -0.05) is 35.9 Å². The van der Waals surface area contributed by atoms with E-state index in [4.69, 9.17) is 4.74 Å². The van der Waals surface area contributed by atoms with Crippen molar-refractivity contribution < 1.29 is 13.9 Å². The Bertz CT molecular complexity index is 1640. The Kier molecular flexibility index (Phi) is 8.81. The van der Waals surface area contributed by atoms with E-state index >= 15 is 4.39 Å². The van der Waals surface area contributed by atoms with Gasteiger partial charge in [0.25, 0.3) is 0 Å². The van der Waals surface area contributed by atoms with Crippen LogP contribution in [0.2, 0.25) is 0 Å². The summed E-state index contributed by atoms with van der Waals surface area (Å²) in [6, 6.07) is 18.3. The first-order valence-corrected chi connectivity index (χ1v) is 14.1. The Labute approximate surface area is 247 Å². The molecule has 0 unspecified atom stereocenters. The third-order valence-electron chi connectivity index (χ3n) is 7.18. The summed E-state index contributed by atoms with van der Waals surface area (Å²) in [6.45, 7) is 9.25. The van der Waals surface area contributed by atoms with E-state index in [2.05, 4.69) is 44.5 Å². The second kappa shape index (κ2) is 12.2. The summed E-state index contributed by atoms with van der Waals surface area (Å²) in [5.41, 5.74) is 5.74. The highest BCUT2D eigenvalue weighted by Gasteiger charge is 2.26. The van der Waals surface area contributed by atoms with Crippen LogP contribution in [0.3, 0.4) is 0 Å². The summed E-state index contributed by atoms with van der Waals surface area (Å²) in [5, 5.41) is 17.2. The zero-order valence-electron chi connectivity index (χ0n) is 25.7. The number of hydrogen-bond donors (Lipinski definition) is 2. The van der Waals surface area contributed by atoms with Crippen LogP contribution in [-0.2, 0) is 18.2 Å². The largest absolute Gasteiger partial charge is 0.444 e. The molecular formula is C34H40FN5O2. The lowest BCUT2D eigenvalue weighted by Crippen LogP contribution is -2.42. The lowest BCUT2D eigenvalue weighted by Gasteiger charge is -2.29. The fourth-order valence-electron chi connectivity index (χ4n) is 5.19. The molecule has 1 heterocycles. The van der Waals surface area contributed by atoms with Gasteiger partial charge in [0, 0.05) is 38.2 Å². The van der Waals surface area contributed by atoms with Crippen LogP contribution in [0, 0.1) is 24.1 Å². The van der Waals surface area contributed by atoms with Crippen LogP contribution in [0.15, 0.2) is 60.8 Å². The van der Waals surface area contributed by atoms with Crippen LogP contribution in [0.5, 0.6) is 0 Å². The monoisotopic (exact) mass is 569 g/mol. The number of fused-ring (bicyclic) bond motifs is 1. The smallest absolute Gasteiger partial charge is 0.407 e. The second-order valence-electron chi connectivity index (χ2n) is 12.1. The molecule has 4 aromatic rings. The third kappa shape index (κ3) is 7.03. The minimum Gasteiger partial charge on any atom is -0.444 e. The van der Waals surface area contributed by atoms with Crippen molar-refractivity contribution in [3.63, 3.8) is 0 Å². The molecule has 1 amide bonds. The first-order chi connectivity index (χ1) is 19.8. The van der Waals surface area contributed by atoms with Crippen molar-refractivity contribution in [3.8, 4) is 6.07 Å². The molecule has 0 aliphatic carbocycles.